The third kappa shape index (κ3) is 3.43. The van der Waals surface area contributed by atoms with Gasteiger partial charge in [-0.3, -0.25) is 0 Å². The lowest BCUT2D eigenvalue weighted by atomic mass is 9.87. The van der Waals surface area contributed by atoms with Crippen LogP contribution in [0.2, 0.25) is 0 Å². The second kappa shape index (κ2) is 6.74. The molecule has 2 unspecified atom stereocenters. The SMILES string of the molecule is COc1ccc(C)cc1C(CN)C(O)c1cccc(C)c1. The third-order valence-electron chi connectivity index (χ3n) is 3.80. The van der Waals surface area contributed by atoms with E-state index in [4.69, 9.17) is 10.5 Å². The largest absolute Gasteiger partial charge is 0.496 e. The molecule has 0 heterocycles. The van der Waals surface area contributed by atoms with Crippen LogP contribution >= 0.6 is 0 Å². The molecule has 0 bridgehead atoms. The lowest BCUT2D eigenvalue weighted by Gasteiger charge is -2.24. The molecule has 3 nitrogen and oxygen atoms in total. The topological polar surface area (TPSA) is 55.5 Å². The Morgan fingerprint density at radius 3 is 2.43 bits per heavy atom. The Kier molecular flexibility index (Phi) is 4.99. The van der Waals surface area contributed by atoms with Crippen molar-refractivity contribution in [3.8, 4) is 5.75 Å². The van der Waals surface area contributed by atoms with Crippen molar-refractivity contribution < 1.29 is 9.84 Å². The summed E-state index contributed by atoms with van der Waals surface area (Å²) < 4.78 is 5.43. The van der Waals surface area contributed by atoms with Gasteiger partial charge in [-0.2, -0.15) is 0 Å². The van der Waals surface area contributed by atoms with Crippen molar-refractivity contribution in [2.24, 2.45) is 5.73 Å². The van der Waals surface area contributed by atoms with E-state index in [0.717, 1.165) is 28.0 Å². The predicted molar refractivity (Wildman–Crippen MR) is 85.7 cm³/mol. The predicted octanol–water partition coefficient (Wildman–Crippen LogP) is 3.09. The van der Waals surface area contributed by atoms with Crippen LogP contribution in [-0.4, -0.2) is 18.8 Å². The summed E-state index contributed by atoms with van der Waals surface area (Å²) in [6.45, 7) is 4.39. The minimum absolute atomic E-state index is 0.193. The Hall–Kier alpha value is -1.84. The number of aliphatic hydroxyl groups excluding tert-OH is 1. The molecule has 3 heteroatoms. The van der Waals surface area contributed by atoms with Crippen molar-refractivity contribution in [3.63, 3.8) is 0 Å². The van der Waals surface area contributed by atoms with Crippen LogP contribution in [0, 0.1) is 13.8 Å². The quantitative estimate of drug-likeness (QED) is 0.887. The second-order valence-electron chi connectivity index (χ2n) is 5.45. The first-order valence-electron chi connectivity index (χ1n) is 7.16. The summed E-state index contributed by atoms with van der Waals surface area (Å²) in [4.78, 5) is 0. The van der Waals surface area contributed by atoms with Crippen LogP contribution in [0.3, 0.4) is 0 Å². The number of nitrogens with two attached hydrogens (primary N) is 1. The van der Waals surface area contributed by atoms with E-state index in [1.54, 1.807) is 7.11 Å². The number of rotatable bonds is 5. The molecule has 21 heavy (non-hydrogen) atoms. The average Bonchev–Trinajstić information content (AvgIpc) is 2.48. The van der Waals surface area contributed by atoms with Crippen LogP contribution in [0.4, 0.5) is 0 Å². The number of hydrogen-bond donors (Lipinski definition) is 2. The Labute approximate surface area is 126 Å². The van der Waals surface area contributed by atoms with Gasteiger partial charge in [-0.25, -0.2) is 0 Å². The first-order chi connectivity index (χ1) is 10.1. The molecule has 3 N–H and O–H groups in total. The molecular formula is C18H23NO2. The minimum Gasteiger partial charge on any atom is -0.496 e. The molecule has 0 saturated carbocycles. The van der Waals surface area contributed by atoms with Gasteiger partial charge in [0, 0.05) is 18.0 Å². The molecule has 0 spiro atoms. The van der Waals surface area contributed by atoms with E-state index in [1.807, 2.05) is 56.3 Å². The number of methoxy groups -OCH3 is 1. The van der Waals surface area contributed by atoms with Crippen LogP contribution in [0.15, 0.2) is 42.5 Å². The fourth-order valence-electron chi connectivity index (χ4n) is 2.66. The molecule has 0 amide bonds. The number of hydrogen-bond acceptors (Lipinski definition) is 3. The molecule has 2 aromatic rings. The van der Waals surface area contributed by atoms with Crippen LogP contribution in [0.1, 0.15) is 34.3 Å². The summed E-state index contributed by atoms with van der Waals surface area (Å²) in [6, 6.07) is 13.9. The molecule has 0 aliphatic heterocycles. The van der Waals surface area contributed by atoms with E-state index in [9.17, 15) is 5.11 Å². The van der Waals surface area contributed by atoms with Gasteiger partial charge in [0.1, 0.15) is 5.75 Å². The molecule has 2 aromatic carbocycles. The first kappa shape index (κ1) is 15.5. The highest BCUT2D eigenvalue weighted by Crippen LogP contribution is 2.36. The summed E-state index contributed by atoms with van der Waals surface area (Å²) in [6.07, 6.45) is -0.648. The summed E-state index contributed by atoms with van der Waals surface area (Å²) in [5.74, 6) is 0.574. The average molecular weight is 285 g/mol. The summed E-state index contributed by atoms with van der Waals surface area (Å²) >= 11 is 0. The Bertz CT molecular complexity index is 610. The maximum Gasteiger partial charge on any atom is 0.122 e. The number of benzene rings is 2. The zero-order valence-electron chi connectivity index (χ0n) is 12.8. The summed E-state index contributed by atoms with van der Waals surface area (Å²) in [5, 5.41) is 10.7. The Morgan fingerprint density at radius 2 is 1.81 bits per heavy atom. The van der Waals surface area contributed by atoms with E-state index in [-0.39, 0.29) is 5.92 Å². The van der Waals surface area contributed by atoms with Crippen molar-refractivity contribution in [1.29, 1.82) is 0 Å². The smallest absolute Gasteiger partial charge is 0.122 e. The number of aliphatic hydroxyl groups is 1. The van der Waals surface area contributed by atoms with E-state index in [1.165, 1.54) is 0 Å². The summed E-state index contributed by atoms with van der Waals surface area (Å²) in [5.41, 5.74) is 10.0. The fraction of sp³-hybridized carbons (Fsp3) is 0.333. The molecule has 0 saturated heterocycles. The molecule has 2 rings (SSSR count). The number of aryl methyl sites for hydroxylation is 2. The molecule has 0 aliphatic carbocycles. The zero-order valence-corrected chi connectivity index (χ0v) is 12.8. The van der Waals surface area contributed by atoms with Crippen molar-refractivity contribution in [2.75, 3.05) is 13.7 Å². The van der Waals surface area contributed by atoms with Crippen LogP contribution < -0.4 is 10.5 Å². The maximum absolute atomic E-state index is 10.7. The highest BCUT2D eigenvalue weighted by atomic mass is 16.5. The minimum atomic E-state index is -0.648. The van der Waals surface area contributed by atoms with E-state index >= 15 is 0 Å². The van der Waals surface area contributed by atoms with Gasteiger partial charge in [0.25, 0.3) is 0 Å². The van der Waals surface area contributed by atoms with Gasteiger partial charge in [-0.15, -0.1) is 0 Å². The molecule has 2 atom stereocenters. The van der Waals surface area contributed by atoms with Gasteiger partial charge in [-0.1, -0.05) is 47.5 Å². The van der Waals surface area contributed by atoms with Crippen molar-refractivity contribution in [2.45, 2.75) is 25.9 Å². The van der Waals surface area contributed by atoms with Gasteiger partial charge >= 0.3 is 0 Å². The van der Waals surface area contributed by atoms with Gasteiger partial charge in [0.05, 0.1) is 13.2 Å². The second-order valence-corrected chi connectivity index (χ2v) is 5.45. The molecular weight excluding hydrogens is 262 g/mol. The van der Waals surface area contributed by atoms with Crippen molar-refractivity contribution in [3.05, 3.63) is 64.7 Å². The van der Waals surface area contributed by atoms with Crippen LogP contribution in [-0.2, 0) is 0 Å². The van der Waals surface area contributed by atoms with Crippen molar-refractivity contribution in [1.82, 2.24) is 0 Å². The van der Waals surface area contributed by atoms with Gasteiger partial charge in [-0.05, 0) is 25.5 Å². The number of ether oxygens (including phenoxy) is 1. The normalized spacial score (nSPS) is 13.8. The van der Waals surface area contributed by atoms with Crippen LogP contribution in [0.5, 0.6) is 5.75 Å². The highest BCUT2D eigenvalue weighted by Gasteiger charge is 2.24. The Balaban J connectivity index is 2.41. The molecule has 0 radical (unpaired) electrons. The van der Waals surface area contributed by atoms with E-state index in [0.29, 0.717) is 6.54 Å². The van der Waals surface area contributed by atoms with Crippen molar-refractivity contribution >= 4 is 0 Å². The van der Waals surface area contributed by atoms with E-state index in [2.05, 4.69) is 0 Å². The standard InChI is InChI=1S/C18H23NO2/c1-12-5-4-6-14(9-12)18(20)16(11-19)15-10-13(2)7-8-17(15)21-3/h4-10,16,18,20H,11,19H2,1-3H3. The van der Waals surface area contributed by atoms with Gasteiger partial charge < -0.3 is 15.6 Å². The van der Waals surface area contributed by atoms with Gasteiger partial charge in [0.2, 0.25) is 0 Å². The van der Waals surface area contributed by atoms with Gasteiger partial charge in [0.15, 0.2) is 0 Å². The third-order valence-corrected chi connectivity index (χ3v) is 3.80. The summed E-state index contributed by atoms with van der Waals surface area (Å²) in [7, 11) is 1.64. The lowest BCUT2D eigenvalue weighted by molar-refractivity contribution is 0.146. The Morgan fingerprint density at radius 1 is 1.10 bits per heavy atom. The first-order valence-corrected chi connectivity index (χ1v) is 7.16. The molecule has 112 valence electrons. The fourth-order valence-corrected chi connectivity index (χ4v) is 2.66. The maximum atomic E-state index is 10.7. The highest BCUT2D eigenvalue weighted by molar-refractivity contribution is 5.41. The molecule has 0 aliphatic rings. The monoisotopic (exact) mass is 285 g/mol. The van der Waals surface area contributed by atoms with Crippen LogP contribution in [0.25, 0.3) is 0 Å². The molecule has 0 aromatic heterocycles. The zero-order chi connectivity index (χ0) is 15.4. The lowest BCUT2D eigenvalue weighted by Crippen LogP contribution is -2.21. The molecule has 0 fully saturated rings. The van der Waals surface area contributed by atoms with E-state index < -0.39 is 6.10 Å².